The van der Waals surface area contributed by atoms with Crippen molar-refractivity contribution in [2.45, 2.75) is 19.3 Å². The summed E-state index contributed by atoms with van der Waals surface area (Å²) in [4.78, 5) is 0. The van der Waals surface area contributed by atoms with Gasteiger partial charge in [-0.1, -0.05) is 19.9 Å². The van der Waals surface area contributed by atoms with Crippen molar-refractivity contribution >= 4 is 0 Å². The normalized spacial score (nSPS) is 21.3. The molecule has 4 heteroatoms. The Labute approximate surface area is 113 Å². The van der Waals surface area contributed by atoms with Crippen LogP contribution in [0.5, 0.6) is 11.5 Å². The zero-order chi connectivity index (χ0) is 13.5. The van der Waals surface area contributed by atoms with Gasteiger partial charge < -0.3 is 19.3 Å². The highest BCUT2D eigenvalue weighted by molar-refractivity contribution is 5.47. The van der Waals surface area contributed by atoms with Gasteiger partial charge in [0, 0.05) is 12.0 Å². The summed E-state index contributed by atoms with van der Waals surface area (Å²) in [6.45, 7) is 6.08. The molecule has 4 nitrogen and oxygen atoms in total. The van der Waals surface area contributed by atoms with E-state index in [1.807, 2.05) is 12.1 Å². The van der Waals surface area contributed by atoms with Gasteiger partial charge in [0.2, 0.25) is 6.79 Å². The van der Waals surface area contributed by atoms with Crippen LogP contribution in [0.4, 0.5) is 0 Å². The molecule has 0 aliphatic carbocycles. The zero-order valence-electron chi connectivity index (χ0n) is 11.4. The Morgan fingerprint density at radius 3 is 2.53 bits per heavy atom. The van der Waals surface area contributed by atoms with Crippen LogP contribution in [0.1, 0.15) is 19.4 Å². The van der Waals surface area contributed by atoms with Crippen LogP contribution in [0.15, 0.2) is 18.2 Å². The van der Waals surface area contributed by atoms with Crippen LogP contribution in [-0.2, 0) is 10.2 Å². The van der Waals surface area contributed by atoms with Crippen LogP contribution in [0, 0.1) is 11.8 Å². The highest BCUT2D eigenvalue weighted by Gasteiger charge is 2.48. The molecule has 1 fully saturated rings. The fourth-order valence-electron chi connectivity index (χ4n) is 3.15. The largest absolute Gasteiger partial charge is 0.454 e. The summed E-state index contributed by atoms with van der Waals surface area (Å²) in [5.74, 6) is 2.19. The predicted octanol–water partition coefficient (Wildman–Crippen LogP) is 1.95. The number of fused-ring (bicyclic) bond motifs is 1. The number of hydrogen-bond acceptors (Lipinski definition) is 4. The predicted molar refractivity (Wildman–Crippen MR) is 70.5 cm³/mol. The minimum atomic E-state index is -0.0934. The Hall–Kier alpha value is -1.26. The van der Waals surface area contributed by atoms with E-state index in [1.54, 1.807) is 0 Å². The lowest BCUT2D eigenvalue weighted by Crippen LogP contribution is -2.55. The van der Waals surface area contributed by atoms with E-state index in [1.165, 1.54) is 5.56 Å². The van der Waals surface area contributed by atoms with E-state index in [-0.39, 0.29) is 24.7 Å². The topological polar surface area (TPSA) is 47.9 Å². The Morgan fingerprint density at radius 1 is 1.21 bits per heavy atom. The molecule has 1 atom stereocenters. The van der Waals surface area contributed by atoms with Gasteiger partial charge in [0.1, 0.15) is 0 Å². The Balaban J connectivity index is 1.97. The lowest BCUT2D eigenvalue weighted by Gasteiger charge is -2.48. The average Bonchev–Trinajstić information content (AvgIpc) is 2.79. The molecule has 104 valence electrons. The zero-order valence-corrected chi connectivity index (χ0v) is 11.4. The maximum Gasteiger partial charge on any atom is 0.231 e. The summed E-state index contributed by atoms with van der Waals surface area (Å²) in [6, 6.07) is 6.06. The fourth-order valence-corrected chi connectivity index (χ4v) is 3.15. The molecule has 1 saturated heterocycles. The van der Waals surface area contributed by atoms with E-state index in [2.05, 4.69) is 19.9 Å². The number of aliphatic hydroxyl groups excluding tert-OH is 1. The smallest absolute Gasteiger partial charge is 0.231 e. The number of hydrogen-bond donors (Lipinski definition) is 1. The molecule has 2 aliphatic rings. The molecular weight excluding hydrogens is 244 g/mol. The summed E-state index contributed by atoms with van der Waals surface area (Å²) >= 11 is 0. The third-order valence-corrected chi connectivity index (χ3v) is 4.38. The SMILES string of the molecule is CC(C)C(CO)C1(c2ccc3c(c2)OCO3)COC1. The van der Waals surface area contributed by atoms with Gasteiger partial charge in [-0.15, -0.1) is 0 Å². The molecule has 1 aromatic rings. The minimum absolute atomic E-state index is 0.0934. The van der Waals surface area contributed by atoms with Crippen molar-refractivity contribution in [3.8, 4) is 11.5 Å². The van der Waals surface area contributed by atoms with Crippen molar-refractivity contribution in [1.29, 1.82) is 0 Å². The highest BCUT2D eigenvalue weighted by Crippen LogP contribution is 2.45. The summed E-state index contributed by atoms with van der Waals surface area (Å²) < 4.78 is 16.3. The lowest BCUT2D eigenvalue weighted by molar-refractivity contribution is -0.111. The van der Waals surface area contributed by atoms with Gasteiger partial charge in [-0.3, -0.25) is 0 Å². The van der Waals surface area contributed by atoms with Crippen LogP contribution in [0.3, 0.4) is 0 Å². The maximum absolute atomic E-state index is 9.74. The number of ether oxygens (including phenoxy) is 3. The first kappa shape index (κ1) is 12.8. The molecule has 2 aliphatic heterocycles. The first-order chi connectivity index (χ1) is 9.17. The van der Waals surface area contributed by atoms with Crippen molar-refractivity contribution in [1.82, 2.24) is 0 Å². The summed E-state index contributed by atoms with van der Waals surface area (Å²) in [5, 5.41) is 9.74. The molecule has 19 heavy (non-hydrogen) atoms. The van der Waals surface area contributed by atoms with Crippen molar-refractivity contribution in [3.63, 3.8) is 0 Å². The van der Waals surface area contributed by atoms with Crippen molar-refractivity contribution in [3.05, 3.63) is 23.8 Å². The minimum Gasteiger partial charge on any atom is -0.454 e. The van der Waals surface area contributed by atoms with Crippen LogP contribution in [0.2, 0.25) is 0 Å². The molecule has 1 N–H and O–H groups in total. The third-order valence-electron chi connectivity index (χ3n) is 4.38. The monoisotopic (exact) mass is 264 g/mol. The molecule has 0 saturated carbocycles. The van der Waals surface area contributed by atoms with E-state index >= 15 is 0 Å². The third kappa shape index (κ3) is 1.90. The fraction of sp³-hybridized carbons (Fsp3) is 0.600. The number of aliphatic hydroxyl groups is 1. The molecule has 0 bridgehead atoms. The van der Waals surface area contributed by atoms with Crippen molar-refractivity contribution in [2.24, 2.45) is 11.8 Å². The molecule has 1 aromatic carbocycles. The molecule has 2 heterocycles. The van der Waals surface area contributed by atoms with E-state index < -0.39 is 0 Å². The van der Waals surface area contributed by atoms with Crippen LogP contribution >= 0.6 is 0 Å². The number of benzene rings is 1. The van der Waals surface area contributed by atoms with Gasteiger partial charge in [-0.2, -0.15) is 0 Å². The van der Waals surface area contributed by atoms with Crippen LogP contribution in [0.25, 0.3) is 0 Å². The first-order valence-corrected chi connectivity index (χ1v) is 6.76. The van der Waals surface area contributed by atoms with Gasteiger partial charge >= 0.3 is 0 Å². The van der Waals surface area contributed by atoms with Gasteiger partial charge in [0.05, 0.1) is 13.2 Å². The van der Waals surface area contributed by atoms with Crippen LogP contribution < -0.4 is 9.47 Å². The van der Waals surface area contributed by atoms with E-state index in [9.17, 15) is 5.11 Å². The Morgan fingerprint density at radius 2 is 1.95 bits per heavy atom. The molecule has 0 radical (unpaired) electrons. The summed E-state index contributed by atoms with van der Waals surface area (Å²) in [6.07, 6.45) is 0. The van der Waals surface area contributed by atoms with Crippen molar-refractivity contribution in [2.75, 3.05) is 26.6 Å². The molecular formula is C15H20O4. The van der Waals surface area contributed by atoms with E-state index in [0.717, 1.165) is 11.5 Å². The maximum atomic E-state index is 9.74. The second kappa shape index (κ2) is 4.69. The molecule has 0 aromatic heterocycles. The summed E-state index contributed by atoms with van der Waals surface area (Å²) in [7, 11) is 0. The second-order valence-electron chi connectivity index (χ2n) is 5.75. The first-order valence-electron chi connectivity index (χ1n) is 6.76. The Bertz CT molecular complexity index is 465. The number of rotatable bonds is 4. The molecule has 0 spiro atoms. The van der Waals surface area contributed by atoms with Gasteiger partial charge in [0.25, 0.3) is 0 Å². The average molecular weight is 264 g/mol. The molecule has 1 unspecified atom stereocenters. The summed E-state index contributed by atoms with van der Waals surface area (Å²) in [5.41, 5.74) is 1.08. The lowest BCUT2D eigenvalue weighted by atomic mass is 9.65. The Kier molecular flexibility index (Phi) is 3.15. The van der Waals surface area contributed by atoms with Gasteiger partial charge in [-0.05, 0) is 29.5 Å². The highest BCUT2D eigenvalue weighted by atomic mass is 16.7. The second-order valence-corrected chi connectivity index (χ2v) is 5.75. The van der Waals surface area contributed by atoms with Crippen molar-refractivity contribution < 1.29 is 19.3 Å². The van der Waals surface area contributed by atoms with Gasteiger partial charge in [-0.25, -0.2) is 0 Å². The quantitative estimate of drug-likeness (QED) is 0.903. The van der Waals surface area contributed by atoms with E-state index in [0.29, 0.717) is 19.1 Å². The van der Waals surface area contributed by atoms with Crippen LogP contribution in [-0.4, -0.2) is 31.7 Å². The molecule has 0 amide bonds. The standard InChI is InChI=1S/C15H20O4/c1-10(2)12(6-16)15(7-17-8-15)11-3-4-13-14(5-11)19-9-18-13/h3-5,10,12,16H,6-9H2,1-2H3. The molecule has 3 rings (SSSR count). The van der Waals surface area contributed by atoms with E-state index in [4.69, 9.17) is 14.2 Å². The van der Waals surface area contributed by atoms with Gasteiger partial charge in [0.15, 0.2) is 11.5 Å².